The largest absolute Gasteiger partial charge is 0.466 e. The smallest absolute Gasteiger partial charge is 0.331 e. The lowest BCUT2D eigenvalue weighted by Gasteiger charge is -2.01. The maximum atomic E-state index is 11.1. The van der Waals surface area contributed by atoms with Crippen LogP contribution in [-0.4, -0.2) is 19.0 Å². The average Bonchev–Trinajstić information content (AvgIpc) is 2.34. The van der Waals surface area contributed by atoms with Crippen molar-refractivity contribution in [2.24, 2.45) is 0 Å². The van der Waals surface area contributed by atoms with Gasteiger partial charge in [0.1, 0.15) is 6.61 Å². The molecule has 0 aliphatic rings. The lowest BCUT2D eigenvalue weighted by molar-refractivity contribution is -0.140. The van der Waals surface area contributed by atoms with Gasteiger partial charge in [0, 0.05) is 12.2 Å². The van der Waals surface area contributed by atoms with E-state index in [4.69, 9.17) is 4.74 Å². The fraction of sp³-hybridized carbons (Fsp3) is 0.167. The number of hydrogen-bond acceptors (Lipinski definition) is 4. The number of esters is 2. The standard InChI is InChI=1S/C12H12O4/c1-15-11(13)7-8-12(14)16-9-10-5-3-2-4-6-10/h2-8H,9H2,1H3/b8-7+. The summed E-state index contributed by atoms with van der Waals surface area (Å²) in [5, 5.41) is 0. The molecule has 4 nitrogen and oxygen atoms in total. The summed E-state index contributed by atoms with van der Waals surface area (Å²) in [7, 11) is 1.24. The monoisotopic (exact) mass is 220 g/mol. The molecule has 1 aromatic carbocycles. The first-order valence-electron chi connectivity index (χ1n) is 4.69. The fourth-order valence-electron chi connectivity index (χ4n) is 0.981. The molecule has 4 heteroatoms. The zero-order valence-corrected chi connectivity index (χ0v) is 8.88. The number of hydrogen-bond donors (Lipinski definition) is 0. The minimum Gasteiger partial charge on any atom is -0.466 e. The Labute approximate surface area is 93.5 Å². The Morgan fingerprint density at radius 1 is 1.12 bits per heavy atom. The van der Waals surface area contributed by atoms with Crippen molar-refractivity contribution in [1.29, 1.82) is 0 Å². The molecule has 0 unspecified atom stereocenters. The molecular weight excluding hydrogens is 208 g/mol. The van der Waals surface area contributed by atoms with E-state index >= 15 is 0 Å². The van der Waals surface area contributed by atoms with Crippen molar-refractivity contribution >= 4 is 11.9 Å². The zero-order chi connectivity index (χ0) is 11.8. The molecule has 0 spiro atoms. The number of rotatable bonds is 4. The lowest BCUT2D eigenvalue weighted by atomic mass is 10.2. The van der Waals surface area contributed by atoms with E-state index < -0.39 is 11.9 Å². The third-order valence-corrected chi connectivity index (χ3v) is 1.78. The van der Waals surface area contributed by atoms with Crippen molar-refractivity contribution in [1.82, 2.24) is 0 Å². The van der Waals surface area contributed by atoms with Gasteiger partial charge in [0.05, 0.1) is 7.11 Å². The van der Waals surface area contributed by atoms with E-state index in [9.17, 15) is 9.59 Å². The molecule has 0 saturated carbocycles. The first-order chi connectivity index (χ1) is 7.72. The Morgan fingerprint density at radius 3 is 2.38 bits per heavy atom. The van der Waals surface area contributed by atoms with Gasteiger partial charge in [-0.2, -0.15) is 0 Å². The molecule has 0 aliphatic heterocycles. The molecule has 0 aliphatic carbocycles. The molecule has 0 atom stereocenters. The van der Waals surface area contributed by atoms with E-state index in [-0.39, 0.29) is 6.61 Å². The molecule has 1 rings (SSSR count). The van der Waals surface area contributed by atoms with E-state index in [2.05, 4.69) is 4.74 Å². The summed E-state index contributed by atoms with van der Waals surface area (Å²) >= 11 is 0. The van der Waals surface area contributed by atoms with Crippen LogP contribution in [-0.2, 0) is 25.7 Å². The maximum Gasteiger partial charge on any atom is 0.331 e. The van der Waals surface area contributed by atoms with Crippen molar-refractivity contribution in [2.75, 3.05) is 7.11 Å². The molecule has 0 heterocycles. The summed E-state index contributed by atoms with van der Waals surface area (Å²) in [6, 6.07) is 9.28. The van der Waals surface area contributed by atoms with Gasteiger partial charge in [-0.3, -0.25) is 0 Å². The van der Waals surface area contributed by atoms with Crippen molar-refractivity contribution in [3.63, 3.8) is 0 Å². The molecule has 0 saturated heterocycles. The highest BCUT2D eigenvalue weighted by atomic mass is 16.5. The van der Waals surface area contributed by atoms with Crippen LogP contribution in [0, 0.1) is 0 Å². The van der Waals surface area contributed by atoms with Crippen LogP contribution in [0.2, 0.25) is 0 Å². The van der Waals surface area contributed by atoms with Crippen LogP contribution in [0.4, 0.5) is 0 Å². The van der Waals surface area contributed by atoms with Crippen LogP contribution >= 0.6 is 0 Å². The van der Waals surface area contributed by atoms with Gasteiger partial charge in [0.2, 0.25) is 0 Å². The van der Waals surface area contributed by atoms with E-state index in [1.54, 1.807) is 0 Å². The van der Waals surface area contributed by atoms with Crippen LogP contribution in [0.15, 0.2) is 42.5 Å². The Hall–Kier alpha value is -2.10. The van der Waals surface area contributed by atoms with Gasteiger partial charge in [0.25, 0.3) is 0 Å². The van der Waals surface area contributed by atoms with Crippen LogP contribution in [0.1, 0.15) is 5.56 Å². The highest BCUT2D eigenvalue weighted by molar-refractivity contribution is 5.91. The predicted octanol–water partition coefficient (Wildman–Crippen LogP) is 1.46. The Kier molecular flexibility index (Phi) is 4.79. The van der Waals surface area contributed by atoms with Crippen LogP contribution < -0.4 is 0 Å². The minimum atomic E-state index is -0.586. The molecular formula is C12H12O4. The van der Waals surface area contributed by atoms with Crippen molar-refractivity contribution in [2.45, 2.75) is 6.61 Å². The molecule has 0 N–H and O–H groups in total. The van der Waals surface area contributed by atoms with Crippen LogP contribution in [0.5, 0.6) is 0 Å². The third kappa shape index (κ3) is 4.41. The quantitative estimate of drug-likeness (QED) is 0.569. The minimum absolute atomic E-state index is 0.186. The van der Waals surface area contributed by atoms with Gasteiger partial charge >= 0.3 is 11.9 Å². The second-order valence-corrected chi connectivity index (χ2v) is 2.95. The number of carbonyl (C=O) groups is 2. The van der Waals surface area contributed by atoms with E-state index in [1.807, 2.05) is 30.3 Å². The molecule has 0 radical (unpaired) electrons. The molecule has 16 heavy (non-hydrogen) atoms. The lowest BCUT2D eigenvalue weighted by Crippen LogP contribution is -2.02. The zero-order valence-electron chi connectivity index (χ0n) is 8.88. The van der Waals surface area contributed by atoms with Crippen molar-refractivity contribution in [3.05, 3.63) is 48.0 Å². The molecule has 0 fully saturated rings. The second kappa shape index (κ2) is 6.40. The molecule has 0 bridgehead atoms. The molecule has 0 aromatic heterocycles. The van der Waals surface area contributed by atoms with Gasteiger partial charge in [-0.05, 0) is 5.56 Å². The summed E-state index contributed by atoms with van der Waals surface area (Å²) in [4.78, 5) is 21.8. The summed E-state index contributed by atoms with van der Waals surface area (Å²) in [5.74, 6) is -1.16. The van der Waals surface area contributed by atoms with Gasteiger partial charge in [-0.1, -0.05) is 30.3 Å². The predicted molar refractivity (Wildman–Crippen MR) is 57.4 cm³/mol. The third-order valence-electron chi connectivity index (χ3n) is 1.78. The number of carbonyl (C=O) groups excluding carboxylic acids is 2. The summed E-state index contributed by atoms with van der Waals surface area (Å²) in [5.41, 5.74) is 0.891. The Bertz CT molecular complexity index is 381. The number of methoxy groups -OCH3 is 1. The second-order valence-electron chi connectivity index (χ2n) is 2.95. The first kappa shape index (κ1) is 12.0. The Morgan fingerprint density at radius 2 is 1.75 bits per heavy atom. The molecule has 84 valence electrons. The summed E-state index contributed by atoms with van der Waals surface area (Å²) < 4.78 is 9.22. The van der Waals surface area contributed by atoms with Gasteiger partial charge < -0.3 is 9.47 Å². The van der Waals surface area contributed by atoms with Gasteiger partial charge in [-0.15, -0.1) is 0 Å². The normalized spacial score (nSPS) is 10.1. The number of benzene rings is 1. The van der Waals surface area contributed by atoms with Gasteiger partial charge in [0.15, 0.2) is 0 Å². The summed E-state index contributed by atoms with van der Waals surface area (Å²) in [6.45, 7) is 0.186. The van der Waals surface area contributed by atoms with E-state index in [1.165, 1.54) is 7.11 Å². The molecule has 0 amide bonds. The maximum absolute atomic E-state index is 11.1. The fourth-order valence-corrected chi connectivity index (χ4v) is 0.981. The first-order valence-corrected chi connectivity index (χ1v) is 4.69. The Balaban J connectivity index is 2.36. The van der Waals surface area contributed by atoms with Gasteiger partial charge in [-0.25, -0.2) is 9.59 Å². The average molecular weight is 220 g/mol. The molecule has 1 aromatic rings. The van der Waals surface area contributed by atoms with Crippen LogP contribution in [0.3, 0.4) is 0 Å². The van der Waals surface area contributed by atoms with Crippen molar-refractivity contribution < 1.29 is 19.1 Å². The van der Waals surface area contributed by atoms with E-state index in [0.29, 0.717) is 0 Å². The van der Waals surface area contributed by atoms with E-state index in [0.717, 1.165) is 17.7 Å². The van der Waals surface area contributed by atoms with Crippen molar-refractivity contribution in [3.8, 4) is 0 Å². The highest BCUT2D eigenvalue weighted by Gasteiger charge is 1.99. The highest BCUT2D eigenvalue weighted by Crippen LogP contribution is 2.00. The number of ether oxygens (including phenoxy) is 2. The SMILES string of the molecule is COC(=O)/C=C/C(=O)OCc1ccccc1. The van der Waals surface area contributed by atoms with Crippen LogP contribution in [0.25, 0.3) is 0 Å². The summed E-state index contributed by atoms with van der Waals surface area (Å²) in [6.07, 6.45) is 2.06. The topological polar surface area (TPSA) is 52.6 Å².